The molecule has 0 radical (unpaired) electrons. The summed E-state index contributed by atoms with van der Waals surface area (Å²) in [5.74, 6) is -0.295. The van der Waals surface area contributed by atoms with E-state index < -0.39 is 23.8 Å². The summed E-state index contributed by atoms with van der Waals surface area (Å²) in [5, 5.41) is 0. The lowest BCUT2D eigenvalue weighted by Gasteiger charge is -2.08. The molecule has 1 aromatic heterocycles. The molecule has 0 bridgehead atoms. The zero-order chi connectivity index (χ0) is 16.2. The van der Waals surface area contributed by atoms with Crippen LogP contribution in [0, 0.1) is 0 Å². The molecule has 116 valence electrons. The molecular weight excluding hydrogens is 301 g/mol. The highest BCUT2D eigenvalue weighted by atomic mass is 19.4. The first-order chi connectivity index (χ1) is 10.4. The van der Waals surface area contributed by atoms with Gasteiger partial charge in [0.25, 0.3) is 0 Å². The molecule has 0 spiro atoms. The van der Waals surface area contributed by atoms with Crippen LogP contribution in [0.1, 0.15) is 23.0 Å². The van der Waals surface area contributed by atoms with Gasteiger partial charge < -0.3 is 9.47 Å². The first-order valence-electron chi connectivity index (χ1n) is 6.25. The Bertz CT molecular complexity index is 657. The number of esters is 1. The van der Waals surface area contributed by atoms with Crippen molar-refractivity contribution in [2.45, 2.75) is 13.1 Å². The van der Waals surface area contributed by atoms with Gasteiger partial charge in [0.2, 0.25) is 0 Å². The van der Waals surface area contributed by atoms with E-state index >= 15 is 0 Å². The van der Waals surface area contributed by atoms with Crippen LogP contribution in [0.3, 0.4) is 0 Å². The summed E-state index contributed by atoms with van der Waals surface area (Å²) in [7, 11) is 0. The third-order valence-corrected chi connectivity index (χ3v) is 2.50. The second kappa shape index (κ2) is 6.42. The Morgan fingerprint density at radius 3 is 2.45 bits per heavy atom. The van der Waals surface area contributed by atoms with Gasteiger partial charge in [-0.2, -0.15) is 18.2 Å². The Kier molecular flexibility index (Phi) is 4.59. The van der Waals surface area contributed by atoms with E-state index in [9.17, 15) is 18.0 Å². The monoisotopic (exact) mass is 312 g/mol. The number of rotatable bonds is 4. The fourth-order valence-corrected chi connectivity index (χ4v) is 1.53. The van der Waals surface area contributed by atoms with E-state index in [1.54, 1.807) is 6.92 Å². The molecular formula is C14H11F3N2O3. The number of aromatic nitrogens is 2. The Morgan fingerprint density at radius 2 is 1.86 bits per heavy atom. The van der Waals surface area contributed by atoms with Crippen LogP contribution in [-0.4, -0.2) is 22.5 Å². The molecule has 0 aliphatic heterocycles. The third kappa shape index (κ3) is 3.94. The number of halogens is 3. The first-order valence-corrected chi connectivity index (χ1v) is 6.25. The second-order valence-electron chi connectivity index (χ2n) is 4.07. The molecule has 0 amide bonds. The molecule has 5 nitrogen and oxygen atoms in total. The Balaban J connectivity index is 2.13. The van der Waals surface area contributed by atoms with E-state index in [1.165, 1.54) is 24.3 Å². The fourth-order valence-electron chi connectivity index (χ4n) is 1.53. The Hall–Kier alpha value is -2.64. The molecule has 0 N–H and O–H groups in total. The lowest BCUT2D eigenvalue weighted by molar-refractivity contribution is -0.141. The smallest absolute Gasteiger partial charge is 0.433 e. The molecule has 22 heavy (non-hydrogen) atoms. The zero-order valence-corrected chi connectivity index (χ0v) is 11.4. The minimum absolute atomic E-state index is 0.201. The van der Waals surface area contributed by atoms with Crippen LogP contribution in [0.5, 0.6) is 11.8 Å². The number of carbonyl (C=O) groups excluding carboxylic acids is 1. The van der Waals surface area contributed by atoms with Gasteiger partial charge in [-0.15, -0.1) is 0 Å². The van der Waals surface area contributed by atoms with Crippen molar-refractivity contribution in [3.05, 3.63) is 47.8 Å². The number of benzene rings is 1. The van der Waals surface area contributed by atoms with Crippen molar-refractivity contribution >= 4 is 5.97 Å². The van der Waals surface area contributed by atoms with Gasteiger partial charge in [0.1, 0.15) is 5.75 Å². The Labute approximate surface area is 123 Å². The number of ether oxygens (including phenoxy) is 2. The van der Waals surface area contributed by atoms with Crippen LogP contribution in [0.2, 0.25) is 0 Å². The quantitative estimate of drug-likeness (QED) is 0.809. The van der Waals surface area contributed by atoms with Crippen molar-refractivity contribution in [3.8, 4) is 11.8 Å². The SMILES string of the molecule is CCOC(=O)c1ccc(Oc2nccc(C(F)(F)F)n2)cc1. The standard InChI is InChI=1S/C14H11F3N2O3/c1-2-21-12(20)9-3-5-10(6-4-9)22-13-18-8-7-11(19-13)14(15,16)17/h3-8H,2H2,1H3. The number of nitrogens with zero attached hydrogens (tertiary/aromatic N) is 2. The predicted octanol–water partition coefficient (Wildman–Crippen LogP) is 3.46. The molecule has 0 atom stereocenters. The number of alkyl halides is 3. The van der Waals surface area contributed by atoms with Crippen LogP contribution in [0.4, 0.5) is 13.2 Å². The highest BCUT2D eigenvalue weighted by Crippen LogP contribution is 2.28. The maximum absolute atomic E-state index is 12.5. The van der Waals surface area contributed by atoms with Crippen molar-refractivity contribution in [1.29, 1.82) is 0 Å². The van der Waals surface area contributed by atoms with E-state index in [0.29, 0.717) is 5.56 Å². The van der Waals surface area contributed by atoms with Gasteiger partial charge in [0.15, 0.2) is 5.69 Å². The van der Waals surface area contributed by atoms with Crippen LogP contribution in [-0.2, 0) is 10.9 Å². The van der Waals surface area contributed by atoms with E-state index in [0.717, 1.165) is 12.3 Å². The lowest BCUT2D eigenvalue weighted by atomic mass is 10.2. The van der Waals surface area contributed by atoms with E-state index in [1.807, 2.05) is 0 Å². The highest BCUT2D eigenvalue weighted by molar-refractivity contribution is 5.89. The summed E-state index contributed by atoms with van der Waals surface area (Å²) in [4.78, 5) is 18.3. The van der Waals surface area contributed by atoms with Gasteiger partial charge in [-0.1, -0.05) is 0 Å². The molecule has 0 aliphatic carbocycles. The molecule has 8 heteroatoms. The number of hydrogen-bond acceptors (Lipinski definition) is 5. The predicted molar refractivity (Wildman–Crippen MR) is 69.5 cm³/mol. The normalized spacial score (nSPS) is 11.1. The second-order valence-corrected chi connectivity index (χ2v) is 4.07. The van der Waals surface area contributed by atoms with Crippen molar-refractivity contribution in [2.24, 2.45) is 0 Å². The van der Waals surface area contributed by atoms with Crippen molar-refractivity contribution in [2.75, 3.05) is 6.61 Å². The van der Waals surface area contributed by atoms with Crippen LogP contribution >= 0.6 is 0 Å². The summed E-state index contributed by atoms with van der Waals surface area (Å²) in [6.07, 6.45) is -3.62. The minimum Gasteiger partial charge on any atom is -0.462 e. The van der Waals surface area contributed by atoms with Gasteiger partial charge >= 0.3 is 18.2 Å². The lowest BCUT2D eigenvalue weighted by Crippen LogP contribution is -2.09. The summed E-state index contributed by atoms with van der Waals surface area (Å²) >= 11 is 0. The van der Waals surface area contributed by atoms with Crippen LogP contribution < -0.4 is 4.74 Å². The molecule has 1 heterocycles. The van der Waals surface area contributed by atoms with Crippen molar-refractivity contribution in [3.63, 3.8) is 0 Å². The molecule has 0 fully saturated rings. The molecule has 0 aliphatic rings. The highest BCUT2D eigenvalue weighted by Gasteiger charge is 2.33. The molecule has 0 unspecified atom stereocenters. The van der Waals surface area contributed by atoms with Crippen molar-refractivity contribution < 1.29 is 27.4 Å². The Morgan fingerprint density at radius 1 is 1.18 bits per heavy atom. The first kappa shape index (κ1) is 15.7. The molecule has 0 saturated carbocycles. The summed E-state index contributed by atoms with van der Waals surface area (Å²) in [5.41, 5.74) is -0.792. The average Bonchev–Trinajstić information content (AvgIpc) is 2.48. The summed E-state index contributed by atoms with van der Waals surface area (Å²) < 4.78 is 47.5. The van der Waals surface area contributed by atoms with Crippen LogP contribution in [0.15, 0.2) is 36.5 Å². The zero-order valence-electron chi connectivity index (χ0n) is 11.4. The van der Waals surface area contributed by atoms with Crippen molar-refractivity contribution in [1.82, 2.24) is 9.97 Å². The van der Waals surface area contributed by atoms with Gasteiger partial charge in [0, 0.05) is 6.20 Å². The number of carbonyl (C=O) groups is 1. The van der Waals surface area contributed by atoms with Crippen LogP contribution in [0.25, 0.3) is 0 Å². The summed E-state index contributed by atoms with van der Waals surface area (Å²) in [6, 6.07) is 6.00. The van der Waals surface area contributed by atoms with Gasteiger partial charge in [-0.25, -0.2) is 9.78 Å². The van der Waals surface area contributed by atoms with Gasteiger partial charge in [0.05, 0.1) is 12.2 Å². The minimum atomic E-state index is -4.57. The number of hydrogen-bond donors (Lipinski definition) is 0. The molecule has 2 aromatic rings. The van der Waals surface area contributed by atoms with E-state index in [2.05, 4.69) is 9.97 Å². The molecule has 0 saturated heterocycles. The van der Waals surface area contributed by atoms with Gasteiger partial charge in [-0.3, -0.25) is 0 Å². The maximum Gasteiger partial charge on any atom is 0.433 e. The third-order valence-electron chi connectivity index (χ3n) is 2.50. The summed E-state index contributed by atoms with van der Waals surface area (Å²) in [6.45, 7) is 1.93. The topological polar surface area (TPSA) is 61.3 Å². The largest absolute Gasteiger partial charge is 0.462 e. The molecule has 2 rings (SSSR count). The average molecular weight is 312 g/mol. The van der Waals surface area contributed by atoms with E-state index in [-0.39, 0.29) is 12.4 Å². The fraction of sp³-hybridized carbons (Fsp3) is 0.214. The molecule has 1 aromatic carbocycles. The maximum atomic E-state index is 12.5. The van der Waals surface area contributed by atoms with Gasteiger partial charge in [-0.05, 0) is 37.3 Å². The van der Waals surface area contributed by atoms with E-state index in [4.69, 9.17) is 9.47 Å².